The highest BCUT2D eigenvalue weighted by molar-refractivity contribution is 7.99. The second-order valence-electron chi connectivity index (χ2n) is 3.59. The highest BCUT2D eigenvalue weighted by Crippen LogP contribution is 2.27. The van der Waals surface area contributed by atoms with Gasteiger partial charge < -0.3 is 15.7 Å². The van der Waals surface area contributed by atoms with Crippen LogP contribution in [-0.4, -0.2) is 29.5 Å². The van der Waals surface area contributed by atoms with E-state index in [1.165, 1.54) is 12.1 Å². The maximum absolute atomic E-state index is 12.2. The Kier molecular flexibility index (Phi) is 5.87. The Balaban J connectivity index is 2.59. The zero-order valence-corrected chi connectivity index (χ0v) is 10.5. The molecule has 1 aromatic rings. The van der Waals surface area contributed by atoms with E-state index in [2.05, 4.69) is 10.6 Å². The third-order valence-electron chi connectivity index (χ3n) is 1.97. The Morgan fingerprint density at radius 1 is 1.50 bits per heavy atom. The number of hydrogen-bond acceptors (Lipinski definition) is 3. The second-order valence-corrected chi connectivity index (χ2v) is 4.65. The molecule has 0 saturated heterocycles. The molecule has 1 atom stereocenters. The van der Waals surface area contributed by atoms with Gasteiger partial charge in [0.2, 0.25) is 0 Å². The summed E-state index contributed by atoms with van der Waals surface area (Å²) in [6.07, 6.45) is 0. The predicted molar refractivity (Wildman–Crippen MR) is 67.0 cm³/mol. The van der Waals surface area contributed by atoms with E-state index >= 15 is 0 Å². The van der Waals surface area contributed by atoms with Crippen molar-refractivity contribution in [3.63, 3.8) is 0 Å². The number of urea groups is 1. The quantitative estimate of drug-likeness (QED) is 0.724. The van der Waals surface area contributed by atoms with E-state index in [0.717, 1.165) is 0 Å². The summed E-state index contributed by atoms with van der Waals surface area (Å²) in [4.78, 5) is 11.8. The lowest BCUT2D eigenvalue weighted by Crippen LogP contribution is -2.38. The number of amides is 2. The number of anilines is 1. The Morgan fingerprint density at radius 2 is 2.22 bits per heavy atom. The van der Waals surface area contributed by atoms with Crippen molar-refractivity contribution in [1.82, 2.24) is 5.32 Å². The van der Waals surface area contributed by atoms with Crippen molar-refractivity contribution in [2.75, 3.05) is 11.9 Å². The molecule has 3 N–H and O–H groups in total. The SMILES string of the molecule is C[C@@H](CO)NC(=O)Nc1cccc(SC(F)F)c1. The molecule has 0 bridgehead atoms. The average molecular weight is 276 g/mol. The van der Waals surface area contributed by atoms with Gasteiger partial charge in [-0.1, -0.05) is 17.8 Å². The van der Waals surface area contributed by atoms with Crippen molar-refractivity contribution >= 4 is 23.5 Å². The summed E-state index contributed by atoms with van der Waals surface area (Å²) < 4.78 is 24.3. The maximum atomic E-state index is 12.2. The summed E-state index contributed by atoms with van der Waals surface area (Å²) in [5, 5.41) is 13.7. The van der Waals surface area contributed by atoms with E-state index in [1.807, 2.05) is 0 Å². The lowest BCUT2D eigenvalue weighted by atomic mass is 10.3. The molecule has 100 valence electrons. The number of benzene rings is 1. The molecule has 0 aliphatic heterocycles. The molecule has 0 unspecified atom stereocenters. The van der Waals surface area contributed by atoms with Crippen LogP contribution in [0, 0.1) is 0 Å². The highest BCUT2D eigenvalue weighted by atomic mass is 32.2. The van der Waals surface area contributed by atoms with Crippen molar-refractivity contribution in [2.24, 2.45) is 0 Å². The van der Waals surface area contributed by atoms with E-state index in [4.69, 9.17) is 5.11 Å². The minimum Gasteiger partial charge on any atom is -0.394 e. The molecule has 0 aromatic heterocycles. The minimum atomic E-state index is -2.50. The van der Waals surface area contributed by atoms with Gasteiger partial charge in [0, 0.05) is 10.6 Å². The third kappa shape index (κ3) is 5.33. The number of aliphatic hydroxyl groups excluding tert-OH is 1. The number of thioether (sulfide) groups is 1. The molecule has 0 aliphatic carbocycles. The molecule has 1 aromatic carbocycles. The van der Waals surface area contributed by atoms with Crippen LogP contribution < -0.4 is 10.6 Å². The monoisotopic (exact) mass is 276 g/mol. The maximum Gasteiger partial charge on any atom is 0.319 e. The zero-order valence-electron chi connectivity index (χ0n) is 9.69. The van der Waals surface area contributed by atoms with Crippen LogP contribution >= 0.6 is 11.8 Å². The first-order chi connectivity index (χ1) is 8.51. The van der Waals surface area contributed by atoms with Gasteiger partial charge in [-0.25, -0.2) is 4.79 Å². The molecule has 0 heterocycles. The van der Waals surface area contributed by atoms with Crippen LogP contribution in [0.15, 0.2) is 29.2 Å². The number of hydrogen-bond donors (Lipinski definition) is 3. The fourth-order valence-electron chi connectivity index (χ4n) is 1.19. The Bertz CT molecular complexity index is 404. The Hall–Kier alpha value is -1.34. The normalized spacial score (nSPS) is 12.3. The van der Waals surface area contributed by atoms with Crippen LogP contribution in [0.4, 0.5) is 19.3 Å². The molecule has 0 aliphatic rings. The number of aliphatic hydroxyl groups is 1. The second kappa shape index (κ2) is 7.17. The predicted octanol–water partition coefficient (Wildman–Crippen LogP) is 2.50. The van der Waals surface area contributed by atoms with Crippen molar-refractivity contribution in [3.05, 3.63) is 24.3 Å². The number of carbonyl (C=O) groups excluding carboxylic acids is 1. The fourth-order valence-corrected chi connectivity index (χ4v) is 1.74. The number of nitrogens with one attached hydrogen (secondary N) is 2. The molecular weight excluding hydrogens is 262 g/mol. The van der Waals surface area contributed by atoms with Crippen LogP contribution in [0.5, 0.6) is 0 Å². The van der Waals surface area contributed by atoms with E-state index in [9.17, 15) is 13.6 Å². The van der Waals surface area contributed by atoms with Gasteiger partial charge in [-0.2, -0.15) is 8.78 Å². The van der Waals surface area contributed by atoms with Crippen LogP contribution in [0.25, 0.3) is 0 Å². The lowest BCUT2D eigenvalue weighted by Gasteiger charge is -2.12. The number of carbonyl (C=O) groups is 1. The minimum absolute atomic E-state index is 0.172. The van der Waals surface area contributed by atoms with Crippen molar-refractivity contribution in [3.8, 4) is 0 Å². The van der Waals surface area contributed by atoms with Gasteiger partial charge in [0.1, 0.15) is 0 Å². The fraction of sp³-hybridized carbons (Fsp3) is 0.364. The van der Waals surface area contributed by atoms with Gasteiger partial charge in [0.05, 0.1) is 12.6 Å². The van der Waals surface area contributed by atoms with Crippen molar-refractivity contribution in [2.45, 2.75) is 23.6 Å². The van der Waals surface area contributed by atoms with Crippen LogP contribution in [0.1, 0.15) is 6.92 Å². The summed E-state index contributed by atoms with van der Waals surface area (Å²) in [7, 11) is 0. The average Bonchev–Trinajstić information content (AvgIpc) is 2.28. The summed E-state index contributed by atoms with van der Waals surface area (Å²) in [6.45, 7) is 1.47. The molecule has 7 heteroatoms. The summed E-state index contributed by atoms with van der Waals surface area (Å²) in [5.74, 6) is -2.50. The van der Waals surface area contributed by atoms with Gasteiger partial charge >= 0.3 is 6.03 Å². The Labute approximate surface area is 108 Å². The van der Waals surface area contributed by atoms with Crippen LogP contribution in [0.2, 0.25) is 0 Å². The van der Waals surface area contributed by atoms with Crippen LogP contribution in [-0.2, 0) is 0 Å². The first-order valence-corrected chi connectivity index (χ1v) is 6.12. The van der Waals surface area contributed by atoms with Crippen LogP contribution in [0.3, 0.4) is 0 Å². The first-order valence-electron chi connectivity index (χ1n) is 5.24. The van der Waals surface area contributed by atoms with E-state index in [1.54, 1.807) is 19.1 Å². The van der Waals surface area contributed by atoms with Gasteiger partial charge in [0.25, 0.3) is 5.76 Å². The molecule has 2 amide bonds. The molecule has 4 nitrogen and oxygen atoms in total. The first kappa shape index (κ1) is 14.7. The summed E-state index contributed by atoms with van der Waals surface area (Å²) in [5.41, 5.74) is 0.420. The Morgan fingerprint density at radius 3 is 2.83 bits per heavy atom. The van der Waals surface area contributed by atoms with Crippen molar-refractivity contribution in [1.29, 1.82) is 0 Å². The molecule has 0 radical (unpaired) electrons. The van der Waals surface area contributed by atoms with Gasteiger partial charge in [0.15, 0.2) is 0 Å². The highest BCUT2D eigenvalue weighted by Gasteiger charge is 2.08. The molecule has 0 fully saturated rings. The molecule has 18 heavy (non-hydrogen) atoms. The number of halogens is 2. The van der Waals surface area contributed by atoms with Gasteiger partial charge in [-0.3, -0.25) is 0 Å². The summed E-state index contributed by atoms with van der Waals surface area (Å²) in [6, 6.07) is 5.31. The smallest absolute Gasteiger partial charge is 0.319 e. The summed E-state index contributed by atoms with van der Waals surface area (Å²) >= 11 is 0.413. The number of alkyl halides is 2. The molecule has 0 saturated carbocycles. The molecule has 0 spiro atoms. The molecular formula is C11H14F2N2O2S. The van der Waals surface area contributed by atoms with E-state index < -0.39 is 11.8 Å². The third-order valence-corrected chi connectivity index (χ3v) is 2.67. The lowest BCUT2D eigenvalue weighted by molar-refractivity contribution is 0.229. The van der Waals surface area contributed by atoms with Gasteiger partial charge in [-0.15, -0.1) is 0 Å². The topological polar surface area (TPSA) is 61.4 Å². The number of rotatable bonds is 5. The van der Waals surface area contributed by atoms with Crippen molar-refractivity contribution < 1.29 is 18.7 Å². The van der Waals surface area contributed by atoms with E-state index in [-0.39, 0.29) is 12.6 Å². The zero-order chi connectivity index (χ0) is 13.5. The standard InChI is InChI=1S/C11H14F2N2O2S/c1-7(6-16)14-11(17)15-8-3-2-4-9(5-8)18-10(12)13/h2-5,7,10,16H,6H2,1H3,(H2,14,15,17)/t7-/m0/s1. The van der Waals surface area contributed by atoms with E-state index in [0.29, 0.717) is 22.3 Å². The molecule has 1 rings (SSSR count). The van der Waals surface area contributed by atoms with Gasteiger partial charge in [-0.05, 0) is 25.1 Å². The largest absolute Gasteiger partial charge is 0.394 e.